The van der Waals surface area contributed by atoms with Crippen molar-refractivity contribution in [3.8, 4) is 6.07 Å². The zero-order valence-corrected chi connectivity index (χ0v) is 13.9. The third-order valence-corrected chi connectivity index (χ3v) is 4.46. The Morgan fingerprint density at radius 1 is 1.35 bits per heavy atom. The fourth-order valence-electron chi connectivity index (χ4n) is 3.15. The van der Waals surface area contributed by atoms with E-state index in [2.05, 4.69) is 44.6 Å². The molecule has 1 fully saturated rings. The van der Waals surface area contributed by atoms with Crippen LogP contribution < -0.4 is 4.90 Å². The van der Waals surface area contributed by atoms with Crippen molar-refractivity contribution in [2.24, 2.45) is 0 Å². The average molecular weight is 310 g/mol. The topological polar surface area (TPSA) is 70.6 Å². The summed E-state index contributed by atoms with van der Waals surface area (Å²) < 4.78 is 2.15. The van der Waals surface area contributed by atoms with Crippen LogP contribution >= 0.6 is 0 Å². The van der Waals surface area contributed by atoms with Gasteiger partial charge in [-0.2, -0.15) is 5.26 Å². The van der Waals surface area contributed by atoms with Crippen LogP contribution in [-0.4, -0.2) is 32.8 Å². The highest BCUT2D eigenvalue weighted by Gasteiger charge is 2.26. The van der Waals surface area contributed by atoms with Gasteiger partial charge in [0, 0.05) is 25.0 Å². The van der Waals surface area contributed by atoms with E-state index in [0.29, 0.717) is 17.7 Å². The standard InChI is InChI=1S/C17H22N6/c1-12(2)23-11-19-21-17(23)14-5-4-8-22(10-14)16-7-6-13(3)15(9-18)20-16/h6-7,11-12,14H,4-5,8,10H2,1-3H3. The molecule has 0 aromatic carbocycles. The number of pyridine rings is 1. The van der Waals surface area contributed by atoms with Gasteiger partial charge in [-0.05, 0) is 45.2 Å². The first-order chi connectivity index (χ1) is 11.1. The normalized spacial score (nSPS) is 18.2. The Hall–Kier alpha value is -2.42. The number of nitrogens with zero attached hydrogens (tertiary/aromatic N) is 6. The minimum atomic E-state index is 0.349. The smallest absolute Gasteiger partial charge is 0.145 e. The molecular formula is C17H22N6. The van der Waals surface area contributed by atoms with Gasteiger partial charge in [-0.15, -0.1) is 10.2 Å². The summed E-state index contributed by atoms with van der Waals surface area (Å²) in [5.41, 5.74) is 1.43. The van der Waals surface area contributed by atoms with Crippen molar-refractivity contribution in [1.82, 2.24) is 19.7 Å². The van der Waals surface area contributed by atoms with Gasteiger partial charge in [0.1, 0.15) is 29.7 Å². The van der Waals surface area contributed by atoms with Gasteiger partial charge in [0.25, 0.3) is 0 Å². The molecule has 1 aliphatic heterocycles. The molecule has 1 saturated heterocycles. The summed E-state index contributed by atoms with van der Waals surface area (Å²) in [6.07, 6.45) is 4.02. The van der Waals surface area contributed by atoms with Crippen molar-refractivity contribution in [3.05, 3.63) is 35.5 Å². The Labute approximate surface area is 136 Å². The second kappa shape index (κ2) is 6.37. The Kier molecular flexibility index (Phi) is 4.28. The Balaban J connectivity index is 1.84. The van der Waals surface area contributed by atoms with Gasteiger partial charge in [0.05, 0.1) is 0 Å². The average Bonchev–Trinajstić information content (AvgIpc) is 3.05. The minimum absolute atomic E-state index is 0.349. The Bertz CT molecular complexity index is 727. The number of hydrogen-bond donors (Lipinski definition) is 0. The molecule has 6 heteroatoms. The predicted molar refractivity (Wildman–Crippen MR) is 88.3 cm³/mol. The van der Waals surface area contributed by atoms with Gasteiger partial charge in [-0.3, -0.25) is 0 Å². The highest BCUT2D eigenvalue weighted by atomic mass is 15.3. The lowest BCUT2D eigenvalue weighted by molar-refractivity contribution is 0.453. The number of hydrogen-bond acceptors (Lipinski definition) is 5. The van der Waals surface area contributed by atoms with Crippen molar-refractivity contribution in [2.75, 3.05) is 18.0 Å². The lowest BCUT2D eigenvalue weighted by Crippen LogP contribution is -2.36. The largest absolute Gasteiger partial charge is 0.356 e. The summed E-state index contributed by atoms with van der Waals surface area (Å²) in [4.78, 5) is 6.77. The lowest BCUT2D eigenvalue weighted by atomic mass is 9.96. The third kappa shape index (κ3) is 3.04. The zero-order chi connectivity index (χ0) is 16.4. The van der Waals surface area contributed by atoms with Gasteiger partial charge in [0.15, 0.2) is 0 Å². The summed E-state index contributed by atoms with van der Waals surface area (Å²) in [5, 5.41) is 17.6. The third-order valence-electron chi connectivity index (χ3n) is 4.46. The van der Waals surface area contributed by atoms with Crippen LogP contribution in [0.25, 0.3) is 0 Å². The molecule has 0 N–H and O–H groups in total. The first kappa shape index (κ1) is 15.5. The summed E-state index contributed by atoms with van der Waals surface area (Å²) in [6.45, 7) is 8.04. The van der Waals surface area contributed by atoms with E-state index in [-0.39, 0.29) is 0 Å². The van der Waals surface area contributed by atoms with Crippen LogP contribution in [-0.2, 0) is 0 Å². The van der Waals surface area contributed by atoms with E-state index in [0.717, 1.165) is 43.1 Å². The van der Waals surface area contributed by atoms with Gasteiger partial charge in [-0.25, -0.2) is 4.98 Å². The second-order valence-electron chi connectivity index (χ2n) is 6.42. The first-order valence-corrected chi connectivity index (χ1v) is 8.12. The molecule has 6 nitrogen and oxygen atoms in total. The SMILES string of the molecule is Cc1ccc(N2CCCC(c3nncn3C(C)C)C2)nc1C#N. The van der Waals surface area contributed by atoms with E-state index in [4.69, 9.17) is 0 Å². The maximum absolute atomic E-state index is 9.19. The first-order valence-electron chi connectivity index (χ1n) is 8.12. The van der Waals surface area contributed by atoms with Crippen LogP contribution in [0.4, 0.5) is 5.82 Å². The van der Waals surface area contributed by atoms with Gasteiger partial charge < -0.3 is 9.47 Å². The van der Waals surface area contributed by atoms with Crippen molar-refractivity contribution < 1.29 is 0 Å². The molecule has 1 atom stereocenters. The number of piperidine rings is 1. The number of rotatable bonds is 3. The molecule has 2 aromatic rings. The molecular weight excluding hydrogens is 288 g/mol. The van der Waals surface area contributed by atoms with Crippen molar-refractivity contribution >= 4 is 5.82 Å². The van der Waals surface area contributed by atoms with Crippen LogP contribution in [0.3, 0.4) is 0 Å². The van der Waals surface area contributed by atoms with Crippen LogP contribution in [0.1, 0.15) is 55.7 Å². The van der Waals surface area contributed by atoms with Crippen LogP contribution in [0, 0.1) is 18.3 Å². The maximum atomic E-state index is 9.19. The second-order valence-corrected chi connectivity index (χ2v) is 6.42. The van der Waals surface area contributed by atoms with Crippen molar-refractivity contribution in [3.63, 3.8) is 0 Å². The van der Waals surface area contributed by atoms with E-state index >= 15 is 0 Å². The van der Waals surface area contributed by atoms with E-state index in [9.17, 15) is 5.26 Å². The monoisotopic (exact) mass is 310 g/mol. The molecule has 2 aromatic heterocycles. The number of anilines is 1. The van der Waals surface area contributed by atoms with Crippen molar-refractivity contribution in [1.29, 1.82) is 5.26 Å². The van der Waals surface area contributed by atoms with E-state index in [1.165, 1.54) is 0 Å². The fourth-order valence-corrected chi connectivity index (χ4v) is 3.15. The van der Waals surface area contributed by atoms with E-state index in [1.807, 2.05) is 25.4 Å². The summed E-state index contributed by atoms with van der Waals surface area (Å²) in [5.74, 6) is 2.28. The molecule has 1 aliphatic rings. The maximum Gasteiger partial charge on any atom is 0.145 e. The summed E-state index contributed by atoms with van der Waals surface area (Å²) >= 11 is 0. The summed E-state index contributed by atoms with van der Waals surface area (Å²) in [6, 6.07) is 6.51. The highest BCUT2D eigenvalue weighted by Crippen LogP contribution is 2.29. The van der Waals surface area contributed by atoms with Crippen LogP contribution in [0.5, 0.6) is 0 Å². The molecule has 3 heterocycles. The molecule has 0 aliphatic carbocycles. The van der Waals surface area contributed by atoms with Gasteiger partial charge in [0.2, 0.25) is 0 Å². The molecule has 0 radical (unpaired) electrons. The Morgan fingerprint density at radius 2 is 2.17 bits per heavy atom. The molecule has 0 amide bonds. The van der Waals surface area contributed by atoms with E-state index < -0.39 is 0 Å². The molecule has 23 heavy (non-hydrogen) atoms. The van der Waals surface area contributed by atoms with E-state index in [1.54, 1.807) is 0 Å². The molecule has 1 unspecified atom stereocenters. The molecule has 3 rings (SSSR count). The molecule has 120 valence electrons. The number of aromatic nitrogens is 4. The minimum Gasteiger partial charge on any atom is -0.356 e. The molecule has 0 spiro atoms. The molecule has 0 bridgehead atoms. The van der Waals surface area contributed by atoms with Gasteiger partial charge >= 0.3 is 0 Å². The highest BCUT2D eigenvalue weighted by molar-refractivity contribution is 5.45. The lowest BCUT2D eigenvalue weighted by Gasteiger charge is -2.33. The fraction of sp³-hybridized carbons (Fsp3) is 0.529. The summed E-state index contributed by atoms with van der Waals surface area (Å²) in [7, 11) is 0. The zero-order valence-electron chi connectivity index (χ0n) is 13.9. The van der Waals surface area contributed by atoms with Crippen molar-refractivity contribution in [2.45, 2.75) is 45.6 Å². The predicted octanol–water partition coefficient (Wildman–Crippen LogP) is 2.82. The Morgan fingerprint density at radius 3 is 2.91 bits per heavy atom. The molecule has 0 saturated carbocycles. The van der Waals surface area contributed by atoms with Crippen LogP contribution in [0.15, 0.2) is 18.5 Å². The number of nitriles is 1. The van der Waals surface area contributed by atoms with Gasteiger partial charge in [-0.1, -0.05) is 6.07 Å². The number of aryl methyl sites for hydroxylation is 1. The van der Waals surface area contributed by atoms with Crippen LogP contribution in [0.2, 0.25) is 0 Å². The quantitative estimate of drug-likeness (QED) is 0.872.